The Morgan fingerprint density at radius 2 is 1.90 bits per heavy atom. The van der Waals surface area contributed by atoms with Gasteiger partial charge in [0.15, 0.2) is 0 Å². The number of nitrogens with zero attached hydrogens (tertiary/aromatic N) is 6. The molecule has 4 rings (SSSR count). The van der Waals surface area contributed by atoms with Crippen LogP contribution in [0.15, 0.2) is 67.0 Å². The van der Waals surface area contributed by atoms with Gasteiger partial charge in [0.05, 0.1) is 17.9 Å². The van der Waals surface area contributed by atoms with Gasteiger partial charge in [-0.1, -0.05) is 41.9 Å². The van der Waals surface area contributed by atoms with Crippen LogP contribution in [0.4, 0.5) is 5.69 Å². The number of hydrogen-bond acceptors (Lipinski definition) is 5. The Labute approximate surface area is 177 Å². The molecule has 0 aliphatic heterocycles. The summed E-state index contributed by atoms with van der Waals surface area (Å²) in [6, 6.07) is 17.1. The molecule has 0 saturated heterocycles. The summed E-state index contributed by atoms with van der Waals surface area (Å²) < 4.78 is 3.25. The number of carbonyl (C=O) groups is 1. The Morgan fingerprint density at radius 3 is 2.60 bits per heavy atom. The van der Waals surface area contributed by atoms with E-state index in [1.165, 1.54) is 17.1 Å². The van der Waals surface area contributed by atoms with Crippen molar-refractivity contribution >= 4 is 29.3 Å². The van der Waals surface area contributed by atoms with Crippen molar-refractivity contribution in [3.05, 3.63) is 89.0 Å². The van der Waals surface area contributed by atoms with Gasteiger partial charge in [0, 0.05) is 17.3 Å². The van der Waals surface area contributed by atoms with Gasteiger partial charge in [0.25, 0.3) is 0 Å². The van der Waals surface area contributed by atoms with Crippen LogP contribution in [-0.4, -0.2) is 35.9 Å². The fraction of sp³-hybridized carbons (Fsp3) is 0.0952. The predicted molar refractivity (Wildman–Crippen MR) is 114 cm³/mol. The fourth-order valence-electron chi connectivity index (χ4n) is 2.94. The molecule has 0 saturated carbocycles. The van der Waals surface area contributed by atoms with Crippen LogP contribution < -0.4 is 5.32 Å². The molecule has 4 aromatic rings. The number of anilines is 1. The summed E-state index contributed by atoms with van der Waals surface area (Å²) in [5.41, 5.74) is 4.02. The minimum Gasteiger partial charge on any atom is -0.323 e. The van der Waals surface area contributed by atoms with Gasteiger partial charge in [-0.05, 0) is 53.3 Å². The largest absolute Gasteiger partial charge is 0.323 e. The minimum atomic E-state index is -0.267. The van der Waals surface area contributed by atoms with E-state index < -0.39 is 0 Å². The standard InChI is InChI=1S/C21H18ClN7O/c1-15-19(21(22)28(25-15)13-16-5-3-2-4-6-16)11-12-20(30)24-17-7-9-18(10-8-17)29-14-23-26-27-29/h2-12,14H,13H2,1H3,(H,24,30)/b12-11+. The van der Waals surface area contributed by atoms with E-state index in [-0.39, 0.29) is 5.91 Å². The number of carbonyl (C=O) groups excluding carboxylic acids is 1. The molecule has 1 amide bonds. The lowest BCUT2D eigenvalue weighted by Crippen LogP contribution is -2.07. The third-order valence-electron chi connectivity index (χ3n) is 4.43. The predicted octanol–water partition coefficient (Wildman–Crippen LogP) is 3.52. The smallest absolute Gasteiger partial charge is 0.248 e. The van der Waals surface area contributed by atoms with Crippen molar-refractivity contribution < 1.29 is 4.79 Å². The van der Waals surface area contributed by atoms with E-state index in [1.807, 2.05) is 49.4 Å². The molecule has 1 N–H and O–H groups in total. The number of aromatic nitrogens is 6. The normalized spacial score (nSPS) is 11.1. The second kappa shape index (κ2) is 8.71. The molecular weight excluding hydrogens is 402 g/mol. The van der Waals surface area contributed by atoms with E-state index in [0.717, 1.165) is 22.5 Å². The molecule has 30 heavy (non-hydrogen) atoms. The van der Waals surface area contributed by atoms with E-state index in [4.69, 9.17) is 11.6 Å². The molecule has 2 aromatic carbocycles. The number of hydrogen-bond donors (Lipinski definition) is 1. The highest BCUT2D eigenvalue weighted by Gasteiger charge is 2.12. The number of benzene rings is 2. The molecule has 0 atom stereocenters. The van der Waals surface area contributed by atoms with Crippen LogP contribution in [-0.2, 0) is 11.3 Å². The zero-order chi connectivity index (χ0) is 20.9. The molecule has 0 spiro atoms. The summed E-state index contributed by atoms with van der Waals surface area (Å²) in [7, 11) is 0. The number of rotatable bonds is 6. The molecule has 150 valence electrons. The Balaban J connectivity index is 1.42. The van der Waals surface area contributed by atoms with Crippen molar-refractivity contribution in [3.8, 4) is 5.69 Å². The van der Waals surface area contributed by atoms with Crippen LogP contribution in [0.5, 0.6) is 0 Å². The molecule has 0 aliphatic carbocycles. The van der Waals surface area contributed by atoms with Crippen LogP contribution in [0.2, 0.25) is 5.15 Å². The number of tetrazole rings is 1. The summed E-state index contributed by atoms with van der Waals surface area (Å²) in [4.78, 5) is 12.3. The van der Waals surface area contributed by atoms with Gasteiger partial charge in [0.1, 0.15) is 11.5 Å². The second-order valence-electron chi connectivity index (χ2n) is 6.56. The molecule has 0 bridgehead atoms. The lowest BCUT2D eigenvalue weighted by Gasteiger charge is -2.04. The molecule has 0 radical (unpaired) electrons. The first-order valence-corrected chi connectivity index (χ1v) is 9.57. The number of nitrogens with one attached hydrogen (secondary N) is 1. The zero-order valence-corrected chi connectivity index (χ0v) is 16.9. The summed E-state index contributed by atoms with van der Waals surface area (Å²) in [6.45, 7) is 2.43. The Bertz CT molecular complexity index is 1170. The second-order valence-corrected chi connectivity index (χ2v) is 6.92. The average Bonchev–Trinajstić information content (AvgIpc) is 3.37. The highest BCUT2D eigenvalue weighted by atomic mass is 35.5. The maximum Gasteiger partial charge on any atom is 0.248 e. The molecule has 2 aromatic heterocycles. The van der Waals surface area contributed by atoms with E-state index in [2.05, 4.69) is 25.9 Å². The van der Waals surface area contributed by atoms with Crippen molar-refractivity contribution in [2.75, 3.05) is 5.32 Å². The molecule has 0 aliphatic rings. The third kappa shape index (κ3) is 4.44. The molecule has 0 unspecified atom stereocenters. The van der Waals surface area contributed by atoms with Crippen LogP contribution in [0.3, 0.4) is 0 Å². The summed E-state index contributed by atoms with van der Waals surface area (Å²) >= 11 is 6.49. The summed E-state index contributed by atoms with van der Waals surface area (Å²) in [6.07, 6.45) is 4.62. The average molecular weight is 420 g/mol. The van der Waals surface area contributed by atoms with Crippen molar-refractivity contribution in [3.63, 3.8) is 0 Å². The van der Waals surface area contributed by atoms with Gasteiger partial charge in [-0.3, -0.25) is 4.79 Å². The van der Waals surface area contributed by atoms with E-state index in [1.54, 1.807) is 22.9 Å². The Morgan fingerprint density at radius 1 is 1.13 bits per heavy atom. The first-order valence-electron chi connectivity index (χ1n) is 9.19. The van der Waals surface area contributed by atoms with Crippen LogP contribution >= 0.6 is 11.6 Å². The monoisotopic (exact) mass is 419 g/mol. The van der Waals surface area contributed by atoms with Gasteiger partial charge >= 0.3 is 0 Å². The van der Waals surface area contributed by atoms with Gasteiger partial charge in [-0.25, -0.2) is 9.36 Å². The van der Waals surface area contributed by atoms with E-state index in [0.29, 0.717) is 17.4 Å². The third-order valence-corrected chi connectivity index (χ3v) is 4.83. The first-order chi connectivity index (χ1) is 14.6. The number of aryl methyl sites for hydroxylation is 1. The van der Waals surface area contributed by atoms with Crippen molar-refractivity contribution in [1.29, 1.82) is 0 Å². The van der Waals surface area contributed by atoms with Crippen molar-refractivity contribution in [2.45, 2.75) is 13.5 Å². The van der Waals surface area contributed by atoms with Crippen molar-refractivity contribution in [1.82, 2.24) is 30.0 Å². The first kappa shape index (κ1) is 19.5. The zero-order valence-electron chi connectivity index (χ0n) is 16.1. The highest BCUT2D eigenvalue weighted by Crippen LogP contribution is 2.22. The molecular formula is C21H18ClN7O. The quantitative estimate of drug-likeness (QED) is 0.483. The molecule has 9 heteroatoms. The lowest BCUT2D eigenvalue weighted by atomic mass is 10.2. The van der Waals surface area contributed by atoms with Crippen LogP contribution in [0, 0.1) is 6.92 Å². The number of halogens is 1. The Hall–Kier alpha value is -3.78. The van der Waals surface area contributed by atoms with E-state index in [9.17, 15) is 4.79 Å². The number of amides is 1. The maximum absolute atomic E-state index is 12.3. The van der Waals surface area contributed by atoms with Crippen LogP contribution in [0.25, 0.3) is 11.8 Å². The molecule has 8 nitrogen and oxygen atoms in total. The molecule has 2 heterocycles. The topological polar surface area (TPSA) is 90.5 Å². The lowest BCUT2D eigenvalue weighted by molar-refractivity contribution is -0.111. The van der Waals surface area contributed by atoms with Gasteiger partial charge in [-0.15, -0.1) is 5.10 Å². The summed E-state index contributed by atoms with van der Waals surface area (Å²) in [5.74, 6) is -0.267. The molecule has 0 fully saturated rings. The van der Waals surface area contributed by atoms with E-state index >= 15 is 0 Å². The van der Waals surface area contributed by atoms with Gasteiger partial charge < -0.3 is 5.32 Å². The SMILES string of the molecule is Cc1nn(Cc2ccccc2)c(Cl)c1/C=C/C(=O)Nc1ccc(-n2cnnn2)cc1. The summed E-state index contributed by atoms with van der Waals surface area (Å²) in [5, 5.41) is 18.8. The minimum absolute atomic E-state index is 0.267. The van der Waals surface area contributed by atoms with Gasteiger partial charge in [0.2, 0.25) is 5.91 Å². The van der Waals surface area contributed by atoms with Crippen molar-refractivity contribution in [2.24, 2.45) is 0 Å². The Kier molecular flexibility index (Phi) is 5.67. The fourth-order valence-corrected chi connectivity index (χ4v) is 3.23. The van der Waals surface area contributed by atoms with Crippen LogP contribution in [0.1, 0.15) is 16.8 Å². The van der Waals surface area contributed by atoms with Gasteiger partial charge in [-0.2, -0.15) is 5.10 Å². The highest BCUT2D eigenvalue weighted by molar-refractivity contribution is 6.31. The maximum atomic E-state index is 12.3.